The van der Waals surface area contributed by atoms with Crippen molar-refractivity contribution in [1.29, 1.82) is 0 Å². The van der Waals surface area contributed by atoms with Crippen LogP contribution in [0.2, 0.25) is 0 Å². The van der Waals surface area contributed by atoms with E-state index in [1.165, 1.54) is 18.5 Å². The Labute approximate surface area is 180 Å². The maximum Gasteiger partial charge on any atom is 0.349 e. The molecule has 0 amide bonds. The predicted molar refractivity (Wildman–Crippen MR) is 108 cm³/mol. The van der Waals surface area contributed by atoms with Gasteiger partial charge >= 0.3 is 23.6 Å². The Morgan fingerprint density at radius 3 is 2.03 bits per heavy atom. The monoisotopic (exact) mass is 438 g/mol. The smallest absolute Gasteiger partial charge is 0.349 e. The predicted octanol–water partition coefficient (Wildman–Crippen LogP) is 1.48. The highest BCUT2D eigenvalue weighted by Crippen LogP contribution is 2.34. The summed E-state index contributed by atoms with van der Waals surface area (Å²) in [6, 6.07) is 1.52. The molecule has 1 aliphatic heterocycles. The van der Waals surface area contributed by atoms with Gasteiger partial charge in [0.15, 0.2) is 18.4 Å². The number of ether oxygens (including phenoxy) is 4. The molecule has 1 saturated heterocycles. The number of carbonyl (C=O) groups excluding carboxylic acids is 3. The van der Waals surface area contributed by atoms with Crippen LogP contribution >= 0.6 is 0 Å². The Balaban J connectivity index is 2.42. The van der Waals surface area contributed by atoms with Crippen molar-refractivity contribution in [2.75, 3.05) is 6.61 Å². The molecule has 0 aromatic carbocycles. The van der Waals surface area contributed by atoms with Gasteiger partial charge < -0.3 is 18.9 Å². The molecule has 1 fully saturated rings. The van der Waals surface area contributed by atoms with Gasteiger partial charge in [0, 0.05) is 12.4 Å². The lowest BCUT2D eigenvalue weighted by molar-refractivity contribution is -0.173. The fourth-order valence-electron chi connectivity index (χ4n) is 2.77. The van der Waals surface area contributed by atoms with Gasteiger partial charge in [-0.05, 0) is 6.07 Å². The largest absolute Gasteiger partial charge is 0.463 e. The third-order valence-corrected chi connectivity index (χ3v) is 4.61. The maximum atomic E-state index is 12.4. The highest BCUT2D eigenvalue weighted by Gasteiger charge is 2.51. The van der Waals surface area contributed by atoms with Gasteiger partial charge in [-0.3, -0.25) is 19.0 Å². The van der Waals surface area contributed by atoms with Crippen LogP contribution in [0.1, 0.15) is 47.8 Å². The molecule has 31 heavy (non-hydrogen) atoms. The summed E-state index contributed by atoms with van der Waals surface area (Å²) < 4.78 is 23.6. The quantitative estimate of drug-likeness (QED) is 0.438. The Morgan fingerprint density at radius 1 is 0.968 bits per heavy atom. The SMILES string of the molecule is CC(C)C(=O)OC[C@H]1O[C@@H](n2cccnc2=O)[C@@H](OC(=O)C(C)C)C1OC(=O)C(C)C. The van der Waals surface area contributed by atoms with E-state index in [1.807, 2.05) is 0 Å². The molecule has 10 nitrogen and oxygen atoms in total. The van der Waals surface area contributed by atoms with Gasteiger partial charge in [-0.25, -0.2) is 9.78 Å². The molecule has 2 heterocycles. The Bertz CT molecular complexity index is 848. The first kappa shape index (κ1) is 24.5. The standard InChI is InChI=1S/C21H30N2O8/c1-11(2)18(24)28-10-14-15(30-19(25)12(3)4)16(31-20(26)13(5)6)17(29-14)23-9-7-8-22-21(23)27/h7-9,11-17H,10H2,1-6H3/t14-,15?,16+,17-/m1/s1. The first-order chi connectivity index (χ1) is 14.5. The van der Waals surface area contributed by atoms with Crippen LogP contribution in [0.25, 0.3) is 0 Å². The lowest BCUT2D eigenvalue weighted by atomic mass is 10.1. The molecule has 2 rings (SSSR count). The van der Waals surface area contributed by atoms with Crippen LogP contribution in [0.3, 0.4) is 0 Å². The van der Waals surface area contributed by atoms with Gasteiger partial charge in [0.05, 0.1) is 17.8 Å². The Hall–Kier alpha value is -2.75. The summed E-state index contributed by atoms with van der Waals surface area (Å²) in [4.78, 5) is 52.7. The van der Waals surface area contributed by atoms with Crippen molar-refractivity contribution in [3.8, 4) is 0 Å². The minimum absolute atomic E-state index is 0.242. The van der Waals surface area contributed by atoms with E-state index in [4.69, 9.17) is 18.9 Å². The summed E-state index contributed by atoms with van der Waals surface area (Å²) in [7, 11) is 0. The van der Waals surface area contributed by atoms with E-state index in [0.717, 1.165) is 4.57 Å². The summed E-state index contributed by atoms with van der Waals surface area (Å²) in [5.74, 6) is -2.86. The van der Waals surface area contributed by atoms with E-state index >= 15 is 0 Å². The molecule has 0 N–H and O–H groups in total. The molecular weight excluding hydrogens is 408 g/mol. The van der Waals surface area contributed by atoms with E-state index in [1.54, 1.807) is 41.5 Å². The zero-order valence-corrected chi connectivity index (χ0v) is 18.6. The molecule has 0 spiro atoms. The van der Waals surface area contributed by atoms with Crippen molar-refractivity contribution >= 4 is 17.9 Å². The normalized spacial score (nSPS) is 23.3. The van der Waals surface area contributed by atoms with Crippen LogP contribution in [-0.4, -0.2) is 52.4 Å². The van der Waals surface area contributed by atoms with Crippen molar-refractivity contribution in [2.24, 2.45) is 17.8 Å². The minimum Gasteiger partial charge on any atom is -0.463 e. The molecule has 0 radical (unpaired) electrons. The number of esters is 3. The van der Waals surface area contributed by atoms with Gasteiger partial charge in [-0.1, -0.05) is 41.5 Å². The van der Waals surface area contributed by atoms with Crippen molar-refractivity contribution in [1.82, 2.24) is 9.55 Å². The number of hydrogen-bond donors (Lipinski definition) is 0. The summed E-state index contributed by atoms with van der Waals surface area (Å²) in [6.45, 7) is 9.74. The number of nitrogens with zero attached hydrogens (tertiary/aromatic N) is 2. The number of rotatable bonds is 8. The fraction of sp³-hybridized carbons (Fsp3) is 0.667. The first-order valence-corrected chi connectivity index (χ1v) is 10.3. The topological polar surface area (TPSA) is 123 Å². The van der Waals surface area contributed by atoms with Crippen molar-refractivity contribution in [3.05, 3.63) is 28.9 Å². The Kier molecular flexibility index (Phi) is 8.32. The second kappa shape index (κ2) is 10.5. The van der Waals surface area contributed by atoms with Crippen LogP contribution in [0.15, 0.2) is 23.3 Å². The van der Waals surface area contributed by atoms with E-state index < -0.39 is 60.0 Å². The summed E-state index contributed by atoms with van der Waals surface area (Å²) in [5.41, 5.74) is -0.633. The minimum atomic E-state index is -1.14. The van der Waals surface area contributed by atoms with Crippen molar-refractivity contribution < 1.29 is 33.3 Å². The van der Waals surface area contributed by atoms with Gasteiger partial charge in [0.1, 0.15) is 12.7 Å². The van der Waals surface area contributed by atoms with Gasteiger partial charge in [0.25, 0.3) is 0 Å². The molecule has 1 unspecified atom stereocenters. The van der Waals surface area contributed by atoms with E-state index in [9.17, 15) is 19.2 Å². The van der Waals surface area contributed by atoms with Gasteiger partial charge in [0.2, 0.25) is 0 Å². The molecule has 0 aliphatic carbocycles. The number of aromatic nitrogens is 2. The molecule has 172 valence electrons. The third-order valence-electron chi connectivity index (χ3n) is 4.61. The van der Waals surface area contributed by atoms with Crippen LogP contribution < -0.4 is 5.69 Å². The highest BCUT2D eigenvalue weighted by molar-refractivity contribution is 5.73. The molecule has 1 aromatic heterocycles. The molecule has 10 heteroatoms. The van der Waals surface area contributed by atoms with Crippen LogP contribution in [-0.2, 0) is 33.3 Å². The Morgan fingerprint density at radius 2 is 1.52 bits per heavy atom. The zero-order chi connectivity index (χ0) is 23.3. The average Bonchev–Trinajstić information content (AvgIpc) is 3.03. The van der Waals surface area contributed by atoms with E-state index in [0.29, 0.717) is 0 Å². The van der Waals surface area contributed by atoms with Crippen molar-refractivity contribution in [2.45, 2.75) is 66.1 Å². The second-order valence-corrected chi connectivity index (χ2v) is 8.27. The van der Waals surface area contributed by atoms with Gasteiger partial charge in [-0.15, -0.1) is 0 Å². The first-order valence-electron chi connectivity index (χ1n) is 10.3. The van der Waals surface area contributed by atoms with Crippen LogP contribution in [0.5, 0.6) is 0 Å². The molecule has 1 aromatic rings. The molecular formula is C21H30N2O8. The van der Waals surface area contributed by atoms with E-state index in [-0.39, 0.29) is 12.5 Å². The third kappa shape index (κ3) is 6.13. The number of hydrogen-bond acceptors (Lipinski definition) is 9. The summed E-state index contributed by atoms with van der Waals surface area (Å²) in [5, 5.41) is 0. The van der Waals surface area contributed by atoms with Crippen molar-refractivity contribution in [3.63, 3.8) is 0 Å². The van der Waals surface area contributed by atoms with Gasteiger partial charge in [-0.2, -0.15) is 0 Å². The fourth-order valence-corrected chi connectivity index (χ4v) is 2.77. The van der Waals surface area contributed by atoms with E-state index in [2.05, 4.69) is 4.98 Å². The number of carbonyl (C=O) groups is 3. The highest BCUT2D eigenvalue weighted by atomic mass is 16.7. The van der Waals surface area contributed by atoms with Crippen LogP contribution in [0.4, 0.5) is 0 Å². The second-order valence-electron chi connectivity index (χ2n) is 8.27. The van der Waals surface area contributed by atoms with Crippen LogP contribution in [0, 0.1) is 17.8 Å². The molecule has 1 aliphatic rings. The lowest BCUT2D eigenvalue weighted by Crippen LogP contribution is -2.43. The average molecular weight is 438 g/mol. The summed E-state index contributed by atoms with van der Waals surface area (Å²) in [6.07, 6.45) is -1.54. The molecule has 0 bridgehead atoms. The molecule has 4 atom stereocenters. The lowest BCUT2D eigenvalue weighted by Gasteiger charge is -2.26. The summed E-state index contributed by atoms with van der Waals surface area (Å²) >= 11 is 0. The molecule has 0 saturated carbocycles. The maximum absolute atomic E-state index is 12.4. The zero-order valence-electron chi connectivity index (χ0n) is 18.6.